The molecule has 9 heteroatoms. The van der Waals surface area contributed by atoms with Crippen molar-refractivity contribution in [1.82, 2.24) is 0 Å². The molecule has 0 aromatic heterocycles. The molecule has 0 saturated heterocycles. The number of ether oxygens (including phenoxy) is 4. The first-order chi connectivity index (χ1) is 37.6. The predicted octanol–water partition coefficient (Wildman–Crippen LogP) is 20.7. The highest BCUT2D eigenvalue weighted by Gasteiger charge is 2.25. The maximum absolute atomic E-state index is 12.9. The number of rotatable bonds is 65. The van der Waals surface area contributed by atoms with Crippen molar-refractivity contribution in [2.75, 3.05) is 47.5 Å². The summed E-state index contributed by atoms with van der Waals surface area (Å²) in [6.45, 7) is 4.97. The molecule has 0 aromatic carbocycles. The molecular formula is C68H134NO8+. The van der Waals surface area contributed by atoms with Crippen LogP contribution in [0.15, 0.2) is 0 Å². The normalized spacial score (nSPS) is 12.6. The molecule has 0 bridgehead atoms. The lowest BCUT2D eigenvalue weighted by atomic mass is 10.0. The number of esters is 2. The molecule has 0 aromatic rings. The molecule has 0 spiro atoms. The van der Waals surface area contributed by atoms with Gasteiger partial charge in [0, 0.05) is 12.8 Å². The van der Waals surface area contributed by atoms with Crippen molar-refractivity contribution >= 4 is 17.9 Å². The van der Waals surface area contributed by atoms with E-state index in [1.807, 2.05) is 21.1 Å². The number of quaternary nitrogens is 1. The third-order valence-electron chi connectivity index (χ3n) is 15.9. The molecule has 0 amide bonds. The predicted molar refractivity (Wildman–Crippen MR) is 328 cm³/mol. The molecule has 458 valence electrons. The van der Waals surface area contributed by atoms with Crippen LogP contribution >= 0.6 is 0 Å². The first-order valence-electron chi connectivity index (χ1n) is 34.2. The van der Waals surface area contributed by atoms with E-state index in [-0.39, 0.29) is 38.2 Å². The lowest BCUT2D eigenvalue weighted by Crippen LogP contribution is -2.40. The van der Waals surface area contributed by atoms with Gasteiger partial charge in [-0.15, -0.1) is 0 Å². The van der Waals surface area contributed by atoms with Gasteiger partial charge in [-0.1, -0.05) is 335 Å². The summed E-state index contributed by atoms with van der Waals surface area (Å²) in [5, 5.41) is 9.74. The molecule has 0 saturated carbocycles. The van der Waals surface area contributed by atoms with Gasteiger partial charge in [-0.2, -0.15) is 0 Å². The van der Waals surface area contributed by atoms with Gasteiger partial charge in [0.25, 0.3) is 6.29 Å². The van der Waals surface area contributed by atoms with Gasteiger partial charge in [0.15, 0.2) is 6.10 Å². The molecule has 0 rings (SSSR count). The summed E-state index contributed by atoms with van der Waals surface area (Å²) >= 11 is 0. The Morgan fingerprint density at radius 1 is 0.338 bits per heavy atom. The van der Waals surface area contributed by atoms with Gasteiger partial charge >= 0.3 is 17.9 Å². The minimum Gasteiger partial charge on any atom is -0.477 e. The second-order valence-electron chi connectivity index (χ2n) is 24.9. The summed E-state index contributed by atoms with van der Waals surface area (Å²) < 4.78 is 23.0. The standard InChI is InChI=1S/C68H133NO8/c1-6-8-10-12-14-16-18-20-22-24-26-28-30-32-34-36-38-40-42-44-46-48-50-52-54-56-58-65(70)75-62-64(63-76-68(67(72)73)74-61-60-69(3,4)5)77-66(71)59-57-55-53-51-49-47-45-43-41-39-37-35-33-31-29-27-25-23-21-19-17-15-13-11-9-7-2/h64,68H,6-63H2,1-5H3/p+1. The number of carboxylic acid groups (broad SMARTS) is 1. The van der Waals surface area contributed by atoms with Gasteiger partial charge in [0.05, 0.1) is 34.4 Å². The van der Waals surface area contributed by atoms with Crippen LogP contribution in [0, 0.1) is 0 Å². The number of carbonyl (C=O) groups excluding carboxylic acids is 2. The topological polar surface area (TPSA) is 108 Å². The highest BCUT2D eigenvalue weighted by Crippen LogP contribution is 2.19. The van der Waals surface area contributed by atoms with Gasteiger partial charge in [0.2, 0.25) is 0 Å². The van der Waals surface area contributed by atoms with Crippen molar-refractivity contribution in [3.05, 3.63) is 0 Å². The van der Waals surface area contributed by atoms with Gasteiger partial charge in [-0.25, -0.2) is 4.79 Å². The number of carboxylic acids is 1. The van der Waals surface area contributed by atoms with Crippen molar-refractivity contribution in [3.8, 4) is 0 Å². The van der Waals surface area contributed by atoms with Crippen molar-refractivity contribution < 1.29 is 42.9 Å². The quantitative estimate of drug-likeness (QED) is 0.0278. The zero-order valence-electron chi connectivity index (χ0n) is 52.4. The minimum atomic E-state index is -1.50. The summed E-state index contributed by atoms with van der Waals surface area (Å²) in [7, 11) is 5.99. The number of hydrogen-bond acceptors (Lipinski definition) is 7. The summed E-state index contributed by atoms with van der Waals surface area (Å²) in [5.41, 5.74) is 0. The van der Waals surface area contributed by atoms with Crippen LogP contribution in [0.1, 0.15) is 361 Å². The number of aliphatic carboxylic acids is 1. The molecular weight excluding hydrogens is 959 g/mol. The Morgan fingerprint density at radius 2 is 0.584 bits per heavy atom. The Kier molecular flexibility index (Phi) is 59.0. The van der Waals surface area contributed by atoms with E-state index >= 15 is 0 Å². The summed E-state index contributed by atoms with van der Waals surface area (Å²) in [4.78, 5) is 37.6. The lowest BCUT2D eigenvalue weighted by molar-refractivity contribution is -0.870. The smallest absolute Gasteiger partial charge is 0.361 e. The number of unbranched alkanes of at least 4 members (excludes halogenated alkanes) is 50. The Hall–Kier alpha value is -1.71. The SMILES string of the molecule is CCCCCCCCCCCCCCCCCCCCCCCCCCCCC(=O)OCC(COC(OCC[N+](C)(C)C)C(=O)O)OC(=O)CCCCCCCCCCCCCCCCCCCCCCCCCCCC. The fourth-order valence-electron chi connectivity index (χ4n) is 10.6. The first kappa shape index (κ1) is 75.3. The Bertz CT molecular complexity index is 1220. The van der Waals surface area contributed by atoms with E-state index in [1.165, 1.54) is 295 Å². The van der Waals surface area contributed by atoms with Crippen molar-refractivity contribution in [3.63, 3.8) is 0 Å². The average molecular weight is 1090 g/mol. The van der Waals surface area contributed by atoms with Crippen molar-refractivity contribution in [2.24, 2.45) is 0 Å². The van der Waals surface area contributed by atoms with Crippen LogP contribution in [-0.4, -0.2) is 87.4 Å². The molecule has 0 aliphatic rings. The Labute approximate surface area is 479 Å². The number of likely N-dealkylation sites (N-methyl/N-ethyl adjacent to an activating group) is 1. The fourth-order valence-corrected chi connectivity index (χ4v) is 10.6. The van der Waals surface area contributed by atoms with E-state index in [9.17, 15) is 19.5 Å². The summed E-state index contributed by atoms with van der Waals surface area (Å²) in [6, 6.07) is 0. The van der Waals surface area contributed by atoms with Crippen molar-refractivity contribution in [2.45, 2.75) is 373 Å². The molecule has 0 radical (unpaired) electrons. The van der Waals surface area contributed by atoms with Crippen LogP contribution in [0.25, 0.3) is 0 Å². The molecule has 0 aliphatic carbocycles. The first-order valence-corrected chi connectivity index (χ1v) is 34.2. The molecule has 77 heavy (non-hydrogen) atoms. The van der Waals surface area contributed by atoms with Crippen LogP contribution < -0.4 is 0 Å². The second kappa shape index (κ2) is 60.4. The van der Waals surface area contributed by atoms with Gasteiger partial charge < -0.3 is 28.5 Å². The highest BCUT2D eigenvalue weighted by molar-refractivity contribution is 5.71. The van der Waals surface area contributed by atoms with Crippen LogP contribution in [0.3, 0.4) is 0 Å². The molecule has 0 aliphatic heterocycles. The van der Waals surface area contributed by atoms with E-state index in [2.05, 4.69) is 13.8 Å². The largest absolute Gasteiger partial charge is 0.477 e. The summed E-state index contributed by atoms with van der Waals surface area (Å²) in [5.74, 6) is -1.97. The van der Waals surface area contributed by atoms with E-state index in [0.29, 0.717) is 17.4 Å². The molecule has 2 unspecified atom stereocenters. The van der Waals surface area contributed by atoms with Crippen LogP contribution in [0.4, 0.5) is 0 Å². The third-order valence-corrected chi connectivity index (χ3v) is 15.9. The van der Waals surface area contributed by atoms with Gasteiger partial charge in [0.1, 0.15) is 13.2 Å². The van der Waals surface area contributed by atoms with Crippen LogP contribution in [-0.2, 0) is 33.3 Å². The molecule has 9 nitrogen and oxygen atoms in total. The highest BCUT2D eigenvalue weighted by atomic mass is 16.7. The average Bonchev–Trinajstić information content (AvgIpc) is 3.40. The van der Waals surface area contributed by atoms with E-state index in [4.69, 9.17) is 18.9 Å². The summed E-state index contributed by atoms with van der Waals surface area (Å²) in [6.07, 6.45) is 67.9. The van der Waals surface area contributed by atoms with Crippen LogP contribution in [0.2, 0.25) is 0 Å². The zero-order valence-corrected chi connectivity index (χ0v) is 52.4. The fraction of sp³-hybridized carbons (Fsp3) is 0.956. The number of carbonyl (C=O) groups is 3. The Balaban J connectivity index is 4.07. The maximum atomic E-state index is 12.9. The molecule has 2 atom stereocenters. The molecule has 0 heterocycles. The molecule has 0 fully saturated rings. The van der Waals surface area contributed by atoms with Gasteiger partial charge in [-0.3, -0.25) is 9.59 Å². The van der Waals surface area contributed by atoms with E-state index in [1.54, 1.807) is 0 Å². The monoisotopic (exact) mass is 1090 g/mol. The van der Waals surface area contributed by atoms with Crippen molar-refractivity contribution in [1.29, 1.82) is 0 Å². The zero-order chi connectivity index (χ0) is 56.2. The third kappa shape index (κ3) is 61.8. The van der Waals surface area contributed by atoms with E-state index in [0.717, 1.165) is 38.5 Å². The lowest BCUT2D eigenvalue weighted by Gasteiger charge is -2.25. The maximum Gasteiger partial charge on any atom is 0.361 e. The number of nitrogens with zero attached hydrogens (tertiary/aromatic N) is 1. The van der Waals surface area contributed by atoms with Gasteiger partial charge in [-0.05, 0) is 12.8 Å². The second-order valence-corrected chi connectivity index (χ2v) is 24.9. The Morgan fingerprint density at radius 3 is 0.831 bits per heavy atom. The molecule has 1 N–H and O–H groups in total. The minimum absolute atomic E-state index is 0.172. The van der Waals surface area contributed by atoms with E-state index < -0.39 is 18.4 Å². The number of hydrogen-bond donors (Lipinski definition) is 1. The van der Waals surface area contributed by atoms with Crippen LogP contribution in [0.5, 0.6) is 0 Å².